The van der Waals surface area contributed by atoms with Crippen molar-refractivity contribution in [2.75, 3.05) is 19.7 Å². The van der Waals surface area contributed by atoms with Crippen LogP contribution >= 0.6 is 0 Å². The molecular weight excluding hydrogens is 421 g/mol. The Hall–Kier alpha value is -3.33. The number of fused-ring (bicyclic) bond motifs is 1. The van der Waals surface area contributed by atoms with Crippen molar-refractivity contribution < 1.29 is 23.0 Å². The van der Waals surface area contributed by atoms with Crippen molar-refractivity contribution in [3.05, 3.63) is 71.9 Å². The molecule has 0 bridgehead atoms. The van der Waals surface area contributed by atoms with Gasteiger partial charge >= 0.3 is 6.18 Å². The molecule has 0 radical (unpaired) electrons. The normalized spacial score (nSPS) is 13.1. The number of aliphatic imine (C=N–C) groups is 1. The van der Waals surface area contributed by atoms with Gasteiger partial charge < -0.3 is 20.5 Å². The van der Waals surface area contributed by atoms with Gasteiger partial charge in [-0.25, -0.2) is 4.99 Å². The second-order valence-corrected chi connectivity index (χ2v) is 7.05. The Bertz CT molecular complexity index is 1050. The summed E-state index contributed by atoms with van der Waals surface area (Å²) in [6.07, 6.45) is -3.66. The molecule has 0 saturated heterocycles. The van der Waals surface area contributed by atoms with E-state index in [4.69, 9.17) is 4.74 Å². The summed E-state index contributed by atoms with van der Waals surface area (Å²) in [5.41, 5.74) is 1.11. The summed E-state index contributed by atoms with van der Waals surface area (Å²) in [5, 5.41) is 17.3. The molecule has 170 valence electrons. The second-order valence-electron chi connectivity index (χ2n) is 7.05. The monoisotopic (exact) mass is 446 g/mol. The number of para-hydroxylation sites is 1. The minimum absolute atomic E-state index is 0.0454. The molecule has 3 rings (SSSR count). The predicted octanol–water partition coefficient (Wildman–Crippen LogP) is 3.75. The van der Waals surface area contributed by atoms with Crippen molar-refractivity contribution in [3.8, 4) is 5.75 Å². The average Bonchev–Trinajstić information content (AvgIpc) is 2.79. The average molecular weight is 446 g/mol. The third-order valence-electron chi connectivity index (χ3n) is 4.60. The molecule has 32 heavy (non-hydrogen) atoms. The van der Waals surface area contributed by atoms with Gasteiger partial charge in [-0.05, 0) is 42.8 Å². The molecule has 0 aliphatic heterocycles. The maximum absolute atomic E-state index is 12.8. The number of halogens is 3. The first-order chi connectivity index (χ1) is 15.4. The van der Waals surface area contributed by atoms with E-state index in [1.165, 1.54) is 12.1 Å². The van der Waals surface area contributed by atoms with Crippen LogP contribution in [0.25, 0.3) is 10.9 Å². The molecule has 1 aromatic heterocycles. The number of nitrogens with one attached hydrogen (secondary N) is 2. The van der Waals surface area contributed by atoms with E-state index in [0.717, 1.165) is 28.6 Å². The molecule has 6 nitrogen and oxygen atoms in total. The van der Waals surface area contributed by atoms with Crippen molar-refractivity contribution in [2.24, 2.45) is 4.99 Å². The van der Waals surface area contributed by atoms with Crippen LogP contribution in [-0.4, -0.2) is 41.9 Å². The van der Waals surface area contributed by atoms with Crippen LogP contribution in [0.1, 0.15) is 18.1 Å². The van der Waals surface area contributed by atoms with Gasteiger partial charge in [0, 0.05) is 24.7 Å². The van der Waals surface area contributed by atoms with Crippen LogP contribution in [0.5, 0.6) is 5.75 Å². The first kappa shape index (κ1) is 23.3. The van der Waals surface area contributed by atoms with Gasteiger partial charge in [0.05, 0.1) is 17.6 Å². The van der Waals surface area contributed by atoms with Crippen LogP contribution in [0, 0.1) is 0 Å². The zero-order chi connectivity index (χ0) is 23.0. The molecule has 0 amide bonds. The maximum Gasteiger partial charge on any atom is 0.416 e. The number of aliphatic hydroxyl groups is 1. The van der Waals surface area contributed by atoms with Crippen LogP contribution < -0.4 is 15.4 Å². The van der Waals surface area contributed by atoms with Gasteiger partial charge in [-0.15, -0.1) is 0 Å². The highest BCUT2D eigenvalue weighted by atomic mass is 19.4. The van der Waals surface area contributed by atoms with Gasteiger partial charge in [-0.1, -0.05) is 24.3 Å². The highest BCUT2D eigenvalue weighted by molar-refractivity contribution is 5.83. The first-order valence-electron chi connectivity index (χ1n) is 10.2. The summed E-state index contributed by atoms with van der Waals surface area (Å²) in [5.74, 6) is 0.551. The van der Waals surface area contributed by atoms with E-state index in [2.05, 4.69) is 20.6 Å². The Labute approximate surface area is 184 Å². The fourth-order valence-electron chi connectivity index (χ4n) is 3.03. The Morgan fingerprint density at radius 3 is 2.72 bits per heavy atom. The van der Waals surface area contributed by atoms with Gasteiger partial charge in [-0.2, -0.15) is 13.2 Å². The second kappa shape index (κ2) is 10.8. The molecule has 0 spiro atoms. The van der Waals surface area contributed by atoms with Crippen molar-refractivity contribution in [1.82, 2.24) is 15.6 Å². The molecule has 3 aromatic rings. The van der Waals surface area contributed by atoms with Crippen molar-refractivity contribution >= 4 is 16.9 Å². The van der Waals surface area contributed by atoms with E-state index >= 15 is 0 Å². The number of alkyl halides is 3. The number of nitrogens with zero attached hydrogens (tertiary/aromatic N) is 2. The SMILES string of the molecule is CCNC(=NCc1ccnc2ccccc12)NCC(O)COc1cccc(C(F)(F)F)c1. The van der Waals surface area contributed by atoms with E-state index in [1.54, 1.807) is 6.20 Å². The summed E-state index contributed by atoms with van der Waals surface area (Å²) in [6.45, 7) is 2.91. The van der Waals surface area contributed by atoms with Gasteiger partial charge in [0.25, 0.3) is 0 Å². The molecule has 9 heteroatoms. The van der Waals surface area contributed by atoms with E-state index in [-0.39, 0.29) is 18.9 Å². The third kappa shape index (κ3) is 6.58. The zero-order valence-electron chi connectivity index (χ0n) is 17.6. The lowest BCUT2D eigenvalue weighted by Gasteiger charge is -2.16. The highest BCUT2D eigenvalue weighted by Gasteiger charge is 2.30. The van der Waals surface area contributed by atoms with E-state index < -0.39 is 17.8 Å². The van der Waals surface area contributed by atoms with Crippen molar-refractivity contribution in [2.45, 2.75) is 25.7 Å². The van der Waals surface area contributed by atoms with Gasteiger partial charge in [0.15, 0.2) is 5.96 Å². The van der Waals surface area contributed by atoms with Gasteiger partial charge in [0.1, 0.15) is 18.5 Å². The van der Waals surface area contributed by atoms with Crippen LogP contribution in [0.3, 0.4) is 0 Å². The molecule has 2 aromatic carbocycles. The Morgan fingerprint density at radius 2 is 1.94 bits per heavy atom. The summed E-state index contributed by atoms with van der Waals surface area (Å²) in [6, 6.07) is 14.3. The first-order valence-corrected chi connectivity index (χ1v) is 10.2. The zero-order valence-corrected chi connectivity index (χ0v) is 17.6. The van der Waals surface area contributed by atoms with Gasteiger partial charge in [-0.3, -0.25) is 4.98 Å². The number of hydrogen-bond acceptors (Lipinski definition) is 4. The number of aromatic nitrogens is 1. The van der Waals surface area contributed by atoms with E-state index in [0.29, 0.717) is 19.0 Å². The molecule has 0 aliphatic rings. The van der Waals surface area contributed by atoms with Gasteiger partial charge in [0.2, 0.25) is 0 Å². The Morgan fingerprint density at radius 1 is 1.12 bits per heavy atom. The summed E-state index contributed by atoms with van der Waals surface area (Å²) in [7, 11) is 0. The minimum Gasteiger partial charge on any atom is -0.491 e. The molecule has 0 saturated carbocycles. The molecule has 3 N–H and O–H groups in total. The van der Waals surface area contributed by atoms with E-state index in [9.17, 15) is 18.3 Å². The standard InChI is InChI=1S/C23H25F3N4O2/c1-2-27-22(29-13-16-10-11-28-21-9-4-3-8-20(16)21)30-14-18(31)15-32-19-7-5-6-17(12-19)23(24,25)26/h3-12,18,31H,2,13-15H2,1H3,(H2,27,29,30). The fraction of sp³-hybridized carbons (Fsp3) is 0.304. The summed E-state index contributed by atoms with van der Waals surface area (Å²) >= 11 is 0. The van der Waals surface area contributed by atoms with Crippen LogP contribution in [0.4, 0.5) is 13.2 Å². The maximum atomic E-state index is 12.8. The molecule has 1 heterocycles. The van der Waals surface area contributed by atoms with Crippen molar-refractivity contribution in [3.63, 3.8) is 0 Å². The predicted molar refractivity (Wildman–Crippen MR) is 118 cm³/mol. The number of aliphatic hydroxyl groups excluding tert-OH is 1. The largest absolute Gasteiger partial charge is 0.491 e. The molecular formula is C23H25F3N4O2. The lowest BCUT2D eigenvalue weighted by molar-refractivity contribution is -0.137. The molecule has 0 fully saturated rings. The molecule has 1 atom stereocenters. The summed E-state index contributed by atoms with van der Waals surface area (Å²) < 4.78 is 43.7. The minimum atomic E-state index is -4.45. The quantitative estimate of drug-likeness (QED) is 0.363. The lowest BCUT2D eigenvalue weighted by atomic mass is 10.1. The van der Waals surface area contributed by atoms with Crippen LogP contribution in [0.2, 0.25) is 0 Å². The topological polar surface area (TPSA) is 78.8 Å². The van der Waals surface area contributed by atoms with Crippen LogP contribution in [-0.2, 0) is 12.7 Å². The fourth-order valence-corrected chi connectivity index (χ4v) is 3.03. The van der Waals surface area contributed by atoms with E-state index in [1.807, 2.05) is 37.3 Å². The van der Waals surface area contributed by atoms with Crippen LogP contribution in [0.15, 0.2) is 65.8 Å². The molecule has 1 unspecified atom stereocenters. The highest BCUT2D eigenvalue weighted by Crippen LogP contribution is 2.31. The third-order valence-corrected chi connectivity index (χ3v) is 4.60. The number of ether oxygens (including phenoxy) is 1. The van der Waals surface area contributed by atoms with Crippen molar-refractivity contribution in [1.29, 1.82) is 0 Å². The number of guanidine groups is 1. The number of pyridine rings is 1. The lowest BCUT2D eigenvalue weighted by Crippen LogP contribution is -2.42. The summed E-state index contributed by atoms with van der Waals surface area (Å²) in [4.78, 5) is 8.89. The smallest absolute Gasteiger partial charge is 0.416 e. The number of rotatable bonds is 8. The Kier molecular flexibility index (Phi) is 7.88. The number of hydrogen-bond donors (Lipinski definition) is 3. The number of benzene rings is 2. The molecule has 0 aliphatic carbocycles. The Balaban J connectivity index is 1.56.